The lowest BCUT2D eigenvalue weighted by Crippen LogP contribution is -2.47. The first kappa shape index (κ1) is 19.5. The molecule has 0 nitrogen and oxygen atoms in total. The number of unbranched alkanes of at least 4 members (excludes halogenated alkanes) is 2. The molecule has 2 aliphatic carbocycles. The Balaban J connectivity index is 2.17. The van der Waals surface area contributed by atoms with Gasteiger partial charge in [-0.15, -0.1) is 0 Å². The molecule has 23 heavy (non-hydrogen) atoms. The van der Waals surface area contributed by atoms with Crippen LogP contribution in [-0.4, -0.2) is 8.07 Å². The van der Waals surface area contributed by atoms with E-state index in [9.17, 15) is 0 Å². The normalized spacial score (nSPS) is 32.9. The number of hydrogen-bond acceptors (Lipinski definition) is 0. The zero-order valence-corrected chi connectivity index (χ0v) is 17.7. The quantitative estimate of drug-likeness (QED) is 0.392. The molecule has 0 saturated heterocycles. The van der Waals surface area contributed by atoms with E-state index in [1.54, 1.807) is 63.5 Å². The highest BCUT2D eigenvalue weighted by Crippen LogP contribution is 2.54. The number of rotatable bonds is 8. The van der Waals surface area contributed by atoms with Gasteiger partial charge in [0, 0.05) is 0 Å². The molecule has 2 rings (SSSR count). The summed E-state index contributed by atoms with van der Waals surface area (Å²) in [5.74, 6) is 2.03. The Hall–Kier alpha value is 0.217. The van der Waals surface area contributed by atoms with Gasteiger partial charge in [-0.1, -0.05) is 117 Å². The monoisotopic (exact) mass is 336 g/mol. The summed E-state index contributed by atoms with van der Waals surface area (Å²) < 4.78 is 0. The third-order valence-electron chi connectivity index (χ3n) is 7.65. The molecule has 0 unspecified atom stereocenters. The maximum atomic E-state index is 2.50. The predicted molar refractivity (Wildman–Crippen MR) is 108 cm³/mol. The van der Waals surface area contributed by atoms with E-state index in [0.29, 0.717) is 0 Å². The third-order valence-corrected chi connectivity index (χ3v) is 14.6. The van der Waals surface area contributed by atoms with Crippen molar-refractivity contribution in [2.24, 2.45) is 11.8 Å². The van der Waals surface area contributed by atoms with Crippen LogP contribution in [0.25, 0.3) is 0 Å². The van der Waals surface area contributed by atoms with Gasteiger partial charge in [0.25, 0.3) is 0 Å². The Morgan fingerprint density at radius 3 is 1.26 bits per heavy atom. The van der Waals surface area contributed by atoms with Gasteiger partial charge in [0.15, 0.2) is 0 Å². The summed E-state index contributed by atoms with van der Waals surface area (Å²) in [6.07, 6.45) is 18.5. The van der Waals surface area contributed by atoms with Gasteiger partial charge in [-0.3, -0.25) is 0 Å². The second-order valence-electron chi connectivity index (χ2n) is 9.35. The lowest BCUT2D eigenvalue weighted by atomic mass is 9.90. The minimum Gasteiger partial charge on any atom is -0.0654 e. The summed E-state index contributed by atoms with van der Waals surface area (Å²) >= 11 is 0. The summed E-state index contributed by atoms with van der Waals surface area (Å²) in [5, 5.41) is 0. The molecular formula is C22H44Si. The molecule has 2 saturated carbocycles. The second-order valence-corrected chi connectivity index (χ2v) is 14.5. The van der Waals surface area contributed by atoms with Gasteiger partial charge in [-0.05, 0) is 22.9 Å². The van der Waals surface area contributed by atoms with Crippen LogP contribution in [-0.2, 0) is 0 Å². The van der Waals surface area contributed by atoms with Gasteiger partial charge in [0.1, 0.15) is 0 Å². The summed E-state index contributed by atoms with van der Waals surface area (Å²) in [6.45, 7) is 9.84. The maximum Gasteiger partial charge on any atom is 0.0598 e. The van der Waals surface area contributed by atoms with Gasteiger partial charge in [-0.2, -0.15) is 0 Å². The highest BCUT2D eigenvalue weighted by Gasteiger charge is 2.47. The van der Waals surface area contributed by atoms with Crippen molar-refractivity contribution in [1.82, 2.24) is 0 Å². The van der Waals surface area contributed by atoms with E-state index in [4.69, 9.17) is 0 Å². The first-order valence-corrected chi connectivity index (χ1v) is 13.7. The zero-order valence-electron chi connectivity index (χ0n) is 16.7. The van der Waals surface area contributed by atoms with Crippen LogP contribution >= 0.6 is 0 Å². The molecule has 0 aromatic rings. The molecule has 136 valence electrons. The minimum absolute atomic E-state index is 1.02. The van der Waals surface area contributed by atoms with Crippen LogP contribution < -0.4 is 0 Å². The molecule has 0 atom stereocenters. The van der Waals surface area contributed by atoms with Crippen molar-refractivity contribution in [2.45, 2.75) is 128 Å². The van der Waals surface area contributed by atoms with Crippen molar-refractivity contribution in [3.8, 4) is 0 Å². The van der Waals surface area contributed by atoms with Gasteiger partial charge >= 0.3 is 0 Å². The van der Waals surface area contributed by atoms with E-state index in [2.05, 4.69) is 27.7 Å². The first-order chi connectivity index (χ1) is 11.1. The second kappa shape index (κ2) is 9.64. The van der Waals surface area contributed by atoms with Crippen LogP contribution in [0.15, 0.2) is 0 Å². The standard InChI is InChI=1S/C22H44Si/c1-5-7-17-23(18-8-6-2,21-13-9-19(3)10-14-21)22-15-11-20(4)12-16-22/h19-22H,5-18H2,1-4H3. The Morgan fingerprint density at radius 1 is 0.609 bits per heavy atom. The molecule has 0 spiro atoms. The summed E-state index contributed by atoms with van der Waals surface area (Å²) in [7, 11) is -1.09. The Labute approximate surface area is 148 Å². The van der Waals surface area contributed by atoms with Crippen LogP contribution in [0.1, 0.15) is 105 Å². The van der Waals surface area contributed by atoms with Gasteiger partial charge in [-0.25, -0.2) is 0 Å². The van der Waals surface area contributed by atoms with Crippen LogP contribution in [0.5, 0.6) is 0 Å². The van der Waals surface area contributed by atoms with E-state index >= 15 is 0 Å². The number of hydrogen-bond donors (Lipinski definition) is 0. The molecule has 0 N–H and O–H groups in total. The molecule has 0 heterocycles. The van der Waals surface area contributed by atoms with Crippen molar-refractivity contribution in [1.29, 1.82) is 0 Å². The summed E-state index contributed by atoms with van der Waals surface area (Å²) in [6, 6.07) is 3.36. The fourth-order valence-electron chi connectivity index (χ4n) is 5.96. The van der Waals surface area contributed by atoms with E-state index in [1.165, 1.54) is 36.8 Å². The minimum atomic E-state index is -1.09. The smallest absolute Gasteiger partial charge is 0.0598 e. The van der Waals surface area contributed by atoms with Crippen molar-refractivity contribution in [3.05, 3.63) is 0 Å². The molecule has 0 bridgehead atoms. The fourth-order valence-corrected chi connectivity index (χ4v) is 13.5. The van der Waals surface area contributed by atoms with E-state index in [1.807, 2.05) is 0 Å². The van der Waals surface area contributed by atoms with Crippen molar-refractivity contribution < 1.29 is 0 Å². The van der Waals surface area contributed by atoms with Crippen LogP contribution in [0, 0.1) is 11.8 Å². The van der Waals surface area contributed by atoms with E-state index in [-0.39, 0.29) is 0 Å². The molecule has 0 radical (unpaired) electrons. The lowest BCUT2D eigenvalue weighted by molar-refractivity contribution is 0.350. The Morgan fingerprint density at radius 2 is 0.957 bits per heavy atom. The predicted octanol–water partition coefficient (Wildman–Crippen LogP) is 8.20. The average molecular weight is 337 g/mol. The lowest BCUT2D eigenvalue weighted by Gasteiger charge is -2.50. The Bertz CT molecular complexity index is 276. The molecule has 0 aromatic carbocycles. The maximum absolute atomic E-state index is 2.50. The largest absolute Gasteiger partial charge is 0.0654 e. The molecular weight excluding hydrogens is 292 g/mol. The fraction of sp³-hybridized carbons (Fsp3) is 1.00. The molecule has 0 aromatic heterocycles. The molecule has 0 aliphatic heterocycles. The molecule has 2 aliphatic rings. The van der Waals surface area contributed by atoms with Crippen molar-refractivity contribution in [2.75, 3.05) is 0 Å². The van der Waals surface area contributed by atoms with Crippen LogP contribution in [0.3, 0.4) is 0 Å². The van der Waals surface area contributed by atoms with Gasteiger partial charge in [0.2, 0.25) is 0 Å². The van der Waals surface area contributed by atoms with Crippen LogP contribution in [0.2, 0.25) is 23.2 Å². The first-order valence-electron chi connectivity index (χ1n) is 11.1. The van der Waals surface area contributed by atoms with Gasteiger partial charge < -0.3 is 0 Å². The average Bonchev–Trinajstić information content (AvgIpc) is 2.57. The van der Waals surface area contributed by atoms with Crippen LogP contribution in [0.4, 0.5) is 0 Å². The van der Waals surface area contributed by atoms with Crippen molar-refractivity contribution >= 4 is 8.07 Å². The molecule has 1 heteroatoms. The third kappa shape index (κ3) is 5.09. The SMILES string of the molecule is CCCC[Si](CCCC)(C1CCC(C)CC1)C1CCC(C)CC1. The highest BCUT2D eigenvalue weighted by molar-refractivity contribution is 6.82. The molecule has 2 fully saturated rings. The van der Waals surface area contributed by atoms with Crippen molar-refractivity contribution in [3.63, 3.8) is 0 Å². The topological polar surface area (TPSA) is 0 Å². The van der Waals surface area contributed by atoms with E-state index in [0.717, 1.165) is 11.8 Å². The summed E-state index contributed by atoms with van der Waals surface area (Å²) in [4.78, 5) is 0. The summed E-state index contributed by atoms with van der Waals surface area (Å²) in [5.41, 5.74) is 2.38. The Kier molecular flexibility index (Phi) is 8.19. The zero-order chi connectivity index (χ0) is 16.7. The molecule has 0 amide bonds. The van der Waals surface area contributed by atoms with E-state index < -0.39 is 8.07 Å². The highest BCUT2D eigenvalue weighted by atomic mass is 28.3. The van der Waals surface area contributed by atoms with Gasteiger partial charge in [0.05, 0.1) is 8.07 Å².